The van der Waals surface area contributed by atoms with E-state index in [1.165, 1.54) is 25.5 Å². The zero-order valence-corrected chi connectivity index (χ0v) is 20.8. The number of allylic oxidation sites excluding steroid dienone is 3. The highest BCUT2D eigenvalue weighted by Crippen LogP contribution is 2.65. The molecule has 1 heterocycles. The van der Waals surface area contributed by atoms with E-state index in [4.69, 9.17) is 14.5 Å². The maximum Gasteiger partial charge on any atom is 0.302 e. The molecule has 0 radical (unpaired) electrons. The van der Waals surface area contributed by atoms with Gasteiger partial charge < -0.3 is 14.0 Å². The van der Waals surface area contributed by atoms with Crippen LogP contribution in [0.1, 0.15) is 65.7 Å². The SMILES string of the molecule is COc1ccc2c(c1)ncn2C1=CC[C@H]2[C@@H]3CC=C4C[C@@H](OC(C)=O)CC[C@]4(C)[C@H]3CC[C@]12C. The van der Waals surface area contributed by atoms with Gasteiger partial charge in [0.25, 0.3) is 0 Å². The van der Waals surface area contributed by atoms with Gasteiger partial charge in [-0.3, -0.25) is 4.79 Å². The Balaban J connectivity index is 1.29. The number of carbonyl (C=O) groups excluding carboxylic acids is 1. The van der Waals surface area contributed by atoms with Gasteiger partial charge in [-0.1, -0.05) is 31.6 Å². The molecule has 2 fully saturated rings. The van der Waals surface area contributed by atoms with Gasteiger partial charge in [0, 0.05) is 30.5 Å². The Morgan fingerprint density at radius 2 is 1.91 bits per heavy atom. The van der Waals surface area contributed by atoms with Crippen LogP contribution in [0.3, 0.4) is 0 Å². The van der Waals surface area contributed by atoms with Crippen molar-refractivity contribution in [3.8, 4) is 5.75 Å². The molecule has 2 saturated carbocycles. The highest BCUT2D eigenvalue weighted by molar-refractivity contribution is 5.81. The molecule has 34 heavy (non-hydrogen) atoms. The lowest BCUT2D eigenvalue weighted by Gasteiger charge is -2.57. The summed E-state index contributed by atoms with van der Waals surface area (Å²) in [5.41, 5.74) is 5.56. The summed E-state index contributed by atoms with van der Waals surface area (Å²) in [5.74, 6) is 2.80. The number of carbonyl (C=O) groups is 1. The van der Waals surface area contributed by atoms with Crippen LogP contribution in [0.2, 0.25) is 0 Å². The van der Waals surface area contributed by atoms with Gasteiger partial charge in [-0.05, 0) is 73.8 Å². The number of aromatic nitrogens is 2. The fraction of sp³-hybridized carbons (Fsp3) is 0.586. The standard InChI is InChI=1S/C29H36N2O3/c1-18(32)34-21-11-13-28(2)19(15-21)5-7-22-23-8-10-27(29(23,3)14-12-24(22)28)31-17-30-25-16-20(33-4)6-9-26(25)31/h5-6,9-10,16-17,21-24H,7-8,11-15H2,1-4H3/t21-,22-,23-,24-,28-,29-/m0/s1. The smallest absolute Gasteiger partial charge is 0.302 e. The summed E-state index contributed by atoms with van der Waals surface area (Å²) in [7, 11) is 1.70. The zero-order chi connectivity index (χ0) is 23.7. The van der Waals surface area contributed by atoms with Gasteiger partial charge in [0.05, 0.1) is 18.1 Å². The number of imidazole rings is 1. The summed E-state index contributed by atoms with van der Waals surface area (Å²) in [6, 6.07) is 6.20. The summed E-state index contributed by atoms with van der Waals surface area (Å²) < 4.78 is 13.4. The van der Waals surface area contributed by atoms with Gasteiger partial charge in [0.15, 0.2) is 0 Å². The number of rotatable bonds is 3. The van der Waals surface area contributed by atoms with Crippen molar-refractivity contribution in [2.24, 2.45) is 28.6 Å². The molecule has 1 aromatic carbocycles. The molecular formula is C29H36N2O3. The molecule has 1 aromatic heterocycles. The Labute approximate surface area is 202 Å². The minimum atomic E-state index is -0.147. The van der Waals surface area contributed by atoms with E-state index >= 15 is 0 Å². The number of ether oxygens (including phenoxy) is 2. The summed E-state index contributed by atoms with van der Waals surface area (Å²) in [6.07, 6.45) is 14.9. The number of nitrogens with zero attached hydrogens (tertiary/aromatic N) is 2. The minimum Gasteiger partial charge on any atom is -0.497 e. The monoisotopic (exact) mass is 460 g/mol. The van der Waals surface area contributed by atoms with Crippen LogP contribution in [0, 0.1) is 28.6 Å². The maximum atomic E-state index is 11.5. The van der Waals surface area contributed by atoms with Crippen LogP contribution in [0.4, 0.5) is 0 Å². The minimum absolute atomic E-state index is 0.0649. The molecular weight excluding hydrogens is 424 g/mol. The highest BCUT2D eigenvalue weighted by atomic mass is 16.5. The molecule has 4 aliphatic rings. The van der Waals surface area contributed by atoms with Crippen LogP contribution in [-0.2, 0) is 9.53 Å². The van der Waals surface area contributed by atoms with Gasteiger partial charge >= 0.3 is 5.97 Å². The fourth-order valence-corrected chi connectivity index (χ4v) is 8.19. The molecule has 4 aliphatic carbocycles. The number of benzene rings is 1. The average Bonchev–Trinajstić information content (AvgIpc) is 3.38. The second-order valence-corrected chi connectivity index (χ2v) is 11.5. The van der Waals surface area contributed by atoms with Crippen molar-refractivity contribution in [2.75, 3.05) is 7.11 Å². The van der Waals surface area contributed by atoms with Gasteiger partial charge in [-0.25, -0.2) is 4.98 Å². The summed E-state index contributed by atoms with van der Waals surface area (Å²) in [4.78, 5) is 16.2. The Bertz CT molecular complexity index is 1210. The first-order chi connectivity index (χ1) is 16.3. The lowest BCUT2D eigenvalue weighted by atomic mass is 9.47. The molecule has 0 bridgehead atoms. The zero-order valence-electron chi connectivity index (χ0n) is 20.8. The van der Waals surface area contributed by atoms with Crippen molar-refractivity contribution < 1.29 is 14.3 Å². The van der Waals surface area contributed by atoms with E-state index in [1.54, 1.807) is 12.7 Å². The van der Waals surface area contributed by atoms with Crippen LogP contribution in [0.25, 0.3) is 16.7 Å². The van der Waals surface area contributed by atoms with E-state index in [1.807, 2.05) is 18.5 Å². The van der Waals surface area contributed by atoms with Crippen molar-refractivity contribution in [1.82, 2.24) is 9.55 Å². The van der Waals surface area contributed by atoms with E-state index in [9.17, 15) is 4.79 Å². The van der Waals surface area contributed by atoms with E-state index < -0.39 is 0 Å². The number of fused-ring (bicyclic) bond motifs is 6. The van der Waals surface area contributed by atoms with Crippen molar-refractivity contribution >= 4 is 22.7 Å². The van der Waals surface area contributed by atoms with Crippen LogP contribution in [0.15, 0.2) is 42.3 Å². The largest absolute Gasteiger partial charge is 0.497 e. The molecule has 0 saturated heterocycles. The quantitative estimate of drug-likeness (QED) is 0.393. The first kappa shape index (κ1) is 21.9. The van der Waals surface area contributed by atoms with Gasteiger partial charge in [0.2, 0.25) is 0 Å². The van der Waals surface area contributed by atoms with E-state index in [2.05, 4.69) is 36.6 Å². The van der Waals surface area contributed by atoms with Gasteiger partial charge in [-0.2, -0.15) is 0 Å². The van der Waals surface area contributed by atoms with E-state index in [0.717, 1.165) is 54.8 Å². The van der Waals surface area contributed by atoms with Crippen LogP contribution in [0.5, 0.6) is 5.75 Å². The molecule has 0 amide bonds. The summed E-state index contributed by atoms with van der Waals surface area (Å²) in [5, 5.41) is 0. The maximum absolute atomic E-state index is 11.5. The number of methoxy groups -OCH3 is 1. The molecule has 0 unspecified atom stereocenters. The lowest BCUT2D eigenvalue weighted by Crippen LogP contribution is -2.50. The number of hydrogen-bond acceptors (Lipinski definition) is 4. The first-order valence-electron chi connectivity index (χ1n) is 12.9. The van der Waals surface area contributed by atoms with Crippen LogP contribution >= 0.6 is 0 Å². The van der Waals surface area contributed by atoms with E-state index in [-0.39, 0.29) is 22.9 Å². The van der Waals surface area contributed by atoms with Crippen molar-refractivity contribution in [1.29, 1.82) is 0 Å². The molecule has 2 aromatic rings. The molecule has 6 rings (SSSR count). The Kier molecular flexibility index (Phi) is 4.98. The third kappa shape index (κ3) is 3.11. The summed E-state index contributed by atoms with van der Waals surface area (Å²) in [6.45, 7) is 6.54. The number of esters is 1. The van der Waals surface area contributed by atoms with Crippen molar-refractivity contribution in [2.45, 2.75) is 71.8 Å². The molecule has 180 valence electrons. The topological polar surface area (TPSA) is 53.4 Å². The first-order valence-corrected chi connectivity index (χ1v) is 12.9. The predicted octanol–water partition coefficient (Wildman–Crippen LogP) is 6.39. The molecule has 5 nitrogen and oxygen atoms in total. The van der Waals surface area contributed by atoms with Gasteiger partial charge in [-0.15, -0.1) is 0 Å². The lowest BCUT2D eigenvalue weighted by molar-refractivity contribution is -0.148. The van der Waals surface area contributed by atoms with Crippen molar-refractivity contribution in [3.05, 3.63) is 42.3 Å². The highest BCUT2D eigenvalue weighted by Gasteiger charge is 2.57. The Morgan fingerprint density at radius 1 is 1.09 bits per heavy atom. The van der Waals surface area contributed by atoms with Crippen molar-refractivity contribution in [3.63, 3.8) is 0 Å². The third-order valence-electron chi connectivity index (χ3n) is 9.95. The number of hydrogen-bond donors (Lipinski definition) is 0. The molecule has 0 N–H and O–H groups in total. The second-order valence-electron chi connectivity index (χ2n) is 11.5. The molecule has 0 aliphatic heterocycles. The predicted molar refractivity (Wildman–Crippen MR) is 133 cm³/mol. The fourth-order valence-electron chi connectivity index (χ4n) is 8.19. The van der Waals surface area contributed by atoms with Crippen LogP contribution in [-0.4, -0.2) is 28.7 Å². The Morgan fingerprint density at radius 3 is 2.71 bits per heavy atom. The third-order valence-corrected chi connectivity index (χ3v) is 9.95. The average molecular weight is 461 g/mol. The Hall–Kier alpha value is -2.56. The van der Waals surface area contributed by atoms with E-state index in [0.29, 0.717) is 11.8 Å². The normalized spacial score (nSPS) is 36.7. The van der Waals surface area contributed by atoms with Crippen LogP contribution < -0.4 is 4.74 Å². The summed E-state index contributed by atoms with van der Waals surface area (Å²) >= 11 is 0. The van der Waals surface area contributed by atoms with Gasteiger partial charge in [0.1, 0.15) is 18.2 Å². The molecule has 5 heteroatoms. The second kappa shape index (κ2) is 7.73. The molecule has 0 spiro atoms. The molecule has 6 atom stereocenters.